The molecule has 0 spiro atoms. The normalized spacial score (nSPS) is 10.4. The van der Waals surface area contributed by atoms with Crippen LogP contribution in [0, 0.1) is 0 Å². The molecule has 0 fully saturated rings. The maximum atomic E-state index is 12.1. The summed E-state index contributed by atoms with van der Waals surface area (Å²) in [7, 11) is 0. The molecule has 22 heavy (non-hydrogen) atoms. The van der Waals surface area contributed by atoms with Crippen molar-refractivity contribution in [2.75, 3.05) is 11.1 Å². The van der Waals surface area contributed by atoms with E-state index in [2.05, 4.69) is 15.5 Å². The Hall–Kier alpha value is -2.44. The fourth-order valence-electron chi connectivity index (χ4n) is 1.82. The number of hydrogen-bond donors (Lipinski definition) is 2. The fraction of sp³-hybridized carbons (Fsp3) is 0. The van der Waals surface area contributed by atoms with Crippen molar-refractivity contribution < 1.29 is 4.79 Å². The number of nitrogens with zero attached hydrogens (tertiary/aromatic N) is 2. The Morgan fingerprint density at radius 3 is 2.55 bits per heavy atom. The van der Waals surface area contributed by atoms with Crippen molar-refractivity contribution in [3.05, 3.63) is 59.1 Å². The Balaban J connectivity index is 1.78. The van der Waals surface area contributed by atoms with E-state index < -0.39 is 0 Å². The fourth-order valence-corrected chi connectivity index (χ4v) is 2.88. The first-order valence-electron chi connectivity index (χ1n) is 6.39. The van der Waals surface area contributed by atoms with Crippen LogP contribution >= 0.6 is 22.9 Å². The van der Waals surface area contributed by atoms with Crippen LogP contribution in [0.15, 0.2) is 48.5 Å². The molecule has 1 heterocycles. The van der Waals surface area contributed by atoms with Crippen LogP contribution in [0.5, 0.6) is 0 Å². The summed E-state index contributed by atoms with van der Waals surface area (Å²) in [5.41, 5.74) is 7.49. The summed E-state index contributed by atoms with van der Waals surface area (Å²) < 4.78 is 0. The van der Waals surface area contributed by atoms with Crippen molar-refractivity contribution in [2.45, 2.75) is 0 Å². The van der Waals surface area contributed by atoms with Gasteiger partial charge in [-0.3, -0.25) is 10.1 Å². The zero-order valence-electron chi connectivity index (χ0n) is 11.3. The van der Waals surface area contributed by atoms with Gasteiger partial charge >= 0.3 is 0 Å². The van der Waals surface area contributed by atoms with Gasteiger partial charge in [-0.05, 0) is 30.3 Å². The molecular weight excluding hydrogens is 320 g/mol. The SMILES string of the molecule is Nc1ccc(C(=O)Nc2nnc(-c3ccccc3Cl)s2)cc1. The molecule has 0 aliphatic rings. The van der Waals surface area contributed by atoms with Gasteiger partial charge in [-0.1, -0.05) is 41.1 Å². The van der Waals surface area contributed by atoms with Gasteiger partial charge in [0.05, 0.1) is 5.02 Å². The topological polar surface area (TPSA) is 80.9 Å². The number of hydrogen-bond acceptors (Lipinski definition) is 5. The minimum Gasteiger partial charge on any atom is -0.399 e. The zero-order valence-corrected chi connectivity index (χ0v) is 12.9. The molecule has 0 atom stereocenters. The summed E-state index contributed by atoms with van der Waals surface area (Å²) in [4.78, 5) is 12.1. The largest absolute Gasteiger partial charge is 0.399 e. The highest BCUT2D eigenvalue weighted by molar-refractivity contribution is 7.18. The number of carbonyl (C=O) groups is 1. The smallest absolute Gasteiger partial charge is 0.257 e. The number of amides is 1. The van der Waals surface area contributed by atoms with Crippen LogP contribution in [0.25, 0.3) is 10.6 Å². The molecule has 0 unspecified atom stereocenters. The average Bonchev–Trinajstić information content (AvgIpc) is 2.96. The number of carbonyl (C=O) groups excluding carboxylic acids is 1. The Bertz CT molecular complexity index is 816. The van der Waals surface area contributed by atoms with Crippen LogP contribution in [0.3, 0.4) is 0 Å². The van der Waals surface area contributed by atoms with Gasteiger partial charge in [0.1, 0.15) is 0 Å². The monoisotopic (exact) mass is 330 g/mol. The average molecular weight is 331 g/mol. The lowest BCUT2D eigenvalue weighted by Gasteiger charge is -2.01. The summed E-state index contributed by atoms with van der Waals surface area (Å²) in [6, 6.07) is 14.0. The van der Waals surface area contributed by atoms with Crippen molar-refractivity contribution in [3.8, 4) is 10.6 Å². The van der Waals surface area contributed by atoms with E-state index in [0.717, 1.165) is 5.56 Å². The van der Waals surface area contributed by atoms with E-state index in [-0.39, 0.29) is 5.91 Å². The van der Waals surface area contributed by atoms with E-state index in [0.29, 0.717) is 26.4 Å². The van der Waals surface area contributed by atoms with Gasteiger partial charge in [-0.25, -0.2) is 0 Å². The predicted molar refractivity (Wildman–Crippen MR) is 89.2 cm³/mol. The van der Waals surface area contributed by atoms with E-state index in [1.165, 1.54) is 11.3 Å². The molecule has 0 radical (unpaired) electrons. The molecule has 2 aromatic carbocycles. The molecule has 1 amide bonds. The van der Waals surface area contributed by atoms with Crippen LogP contribution in [-0.2, 0) is 0 Å². The first kappa shape index (κ1) is 14.5. The maximum absolute atomic E-state index is 12.1. The van der Waals surface area contributed by atoms with Crippen molar-refractivity contribution in [3.63, 3.8) is 0 Å². The summed E-state index contributed by atoms with van der Waals surface area (Å²) in [5.74, 6) is -0.262. The lowest BCUT2D eigenvalue weighted by atomic mass is 10.2. The molecule has 0 aliphatic carbocycles. The van der Waals surface area contributed by atoms with Crippen molar-refractivity contribution in [1.82, 2.24) is 10.2 Å². The highest BCUT2D eigenvalue weighted by Gasteiger charge is 2.12. The quantitative estimate of drug-likeness (QED) is 0.717. The number of nitrogens with two attached hydrogens (primary N) is 1. The standard InChI is InChI=1S/C15H11ClN4OS/c16-12-4-2-1-3-11(12)14-19-20-15(22-14)18-13(21)9-5-7-10(17)8-6-9/h1-8H,17H2,(H,18,20,21). The van der Waals surface area contributed by atoms with Gasteiger partial charge in [-0.15, -0.1) is 10.2 Å². The molecule has 7 heteroatoms. The predicted octanol–water partition coefficient (Wildman–Crippen LogP) is 3.69. The van der Waals surface area contributed by atoms with Gasteiger partial charge < -0.3 is 5.73 Å². The minimum absolute atomic E-state index is 0.262. The van der Waals surface area contributed by atoms with Gasteiger partial charge in [0, 0.05) is 16.8 Å². The number of nitrogen functional groups attached to an aromatic ring is 1. The van der Waals surface area contributed by atoms with Crippen LogP contribution in [0.4, 0.5) is 10.8 Å². The Morgan fingerprint density at radius 2 is 1.82 bits per heavy atom. The molecule has 0 saturated carbocycles. The second-order valence-corrected chi connectivity index (χ2v) is 5.85. The molecule has 1 aromatic heterocycles. The molecule has 3 N–H and O–H groups in total. The Kier molecular flexibility index (Phi) is 4.04. The van der Waals surface area contributed by atoms with Gasteiger partial charge in [0.15, 0.2) is 5.01 Å². The second kappa shape index (κ2) is 6.13. The number of nitrogens with one attached hydrogen (secondary N) is 1. The van der Waals surface area contributed by atoms with Crippen molar-refractivity contribution in [2.24, 2.45) is 0 Å². The van der Waals surface area contributed by atoms with Gasteiger partial charge in [0.25, 0.3) is 5.91 Å². The Morgan fingerprint density at radius 1 is 1.09 bits per heavy atom. The van der Waals surface area contributed by atoms with Crippen molar-refractivity contribution in [1.29, 1.82) is 0 Å². The van der Waals surface area contributed by atoms with Crippen LogP contribution in [0.2, 0.25) is 5.02 Å². The summed E-state index contributed by atoms with van der Waals surface area (Å²) in [5, 5.41) is 12.4. The van der Waals surface area contributed by atoms with E-state index in [1.54, 1.807) is 30.3 Å². The first-order chi connectivity index (χ1) is 10.6. The summed E-state index contributed by atoms with van der Waals surface area (Å²) >= 11 is 7.39. The Labute approximate surface area is 135 Å². The molecule has 5 nitrogen and oxygen atoms in total. The zero-order chi connectivity index (χ0) is 15.5. The van der Waals surface area contributed by atoms with E-state index in [1.807, 2.05) is 18.2 Å². The van der Waals surface area contributed by atoms with E-state index in [4.69, 9.17) is 17.3 Å². The van der Waals surface area contributed by atoms with E-state index in [9.17, 15) is 4.79 Å². The molecule has 110 valence electrons. The second-order valence-electron chi connectivity index (χ2n) is 4.47. The maximum Gasteiger partial charge on any atom is 0.257 e. The van der Waals surface area contributed by atoms with Crippen LogP contribution in [0.1, 0.15) is 10.4 Å². The molecule has 0 bridgehead atoms. The number of anilines is 2. The van der Waals surface area contributed by atoms with E-state index >= 15 is 0 Å². The highest BCUT2D eigenvalue weighted by atomic mass is 35.5. The first-order valence-corrected chi connectivity index (χ1v) is 7.58. The highest BCUT2D eigenvalue weighted by Crippen LogP contribution is 2.31. The number of benzene rings is 2. The number of aromatic nitrogens is 2. The van der Waals surface area contributed by atoms with Crippen LogP contribution < -0.4 is 11.1 Å². The summed E-state index contributed by atoms with van der Waals surface area (Å²) in [6.45, 7) is 0. The molecule has 0 aliphatic heterocycles. The third-order valence-electron chi connectivity index (χ3n) is 2.92. The molecule has 3 aromatic rings. The molecule has 0 saturated heterocycles. The number of halogens is 1. The lowest BCUT2D eigenvalue weighted by molar-refractivity contribution is 0.102. The summed E-state index contributed by atoms with van der Waals surface area (Å²) in [6.07, 6.45) is 0. The van der Waals surface area contributed by atoms with Gasteiger partial charge in [0.2, 0.25) is 5.13 Å². The number of rotatable bonds is 3. The third kappa shape index (κ3) is 3.08. The lowest BCUT2D eigenvalue weighted by Crippen LogP contribution is -2.11. The van der Waals surface area contributed by atoms with Crippen LogP contribution in [-0.4, -0.2) is 16.1 Å². The molecular formula is C15H11ClN4OS. The van der Waals surface area contributed by atoms with Gasteiger partial charge in [-0.2, -0.15) is 0 Å². The third-order valence-corrected chi connectivity index (χ3v) is 4.12. The minimum atomic E-state index is -0.262. The molecule has 3 rings (SSSR count). The van der Waals surface area contributed by atoms with Crippen molar-refractivity contribution >= 4 is 39.7 Å².